The third-order valence-corrected chi connectivity index (χ3v) is 10.4. The Morgan fingerprint density at radius 2 is 0.900 bits per heavy atom. The molecular formula is C50H87NO8P+. The molecule has 0 aliphatic heterocycles. The van der Waals surface area contributed by atoms with Gasteiger partial charge in [0, 0.05) is 12.8 Å². The molecule has 0 rings (SSSR count). The first kappa shape index (κ1) is 57.2. The van der Waals surface area contributed by atoms with Crippen LogP contribution in [0.5, 0.6) is 0 Å². The summed E-state index contributed by atoms with van der Waals surface area (Å²) >= 11 is 0. The van der Waals surface area contributed by atoms with Gasteiger partial charge in [-0.3, -0.25) is 18.6 Å². The van der Waals surface area contributed by atoms with E-state index in [0.717, 1.165) is 89.9 Å². The number of likely N-dealkylation sites (N-methyl/N-ethyl adjacent to an activating group) is 1. The summed E-state index contributed by atoms with van der Waals surface area (Å²) in [5, 5.41) is 0. The number of carbonyl (C=O) groups excluding carboxylic acids is 2. The second-order valence-electron chi connectivity index (χ2n) is 16.4. The molecule has 2 unspecified atom stereocenters. The summed E-state index contributed by atoms with van der Waals surface area (Å²) in [6.45, 7) is 4.14. The van der Waals surface area contributed by atoms with Crippen molar-refractivity contribution in [2.24, 2.45) is 0 Å². The fraction of sp³-hybridized carbons (Fsp3) is 0.680. The lowest BCUT2D eigenvalue weighted by Gasteiger charge is -2.24. The number of phosphoric ester groups is 1. The lowest BCUT2D eigenvalue weighted by Crippen LogP contribution is -2.37. The minimum Gasteiger partial charge on any atom is -0.462 e. The number of allylic oxidation sites excluding steroid dienone is 14. The van der Waals surface area contributed by atoms with Crippen LogP contribution in [-0.4, -0.2) is 74.9 Å². The zero-order chi connectivity index (χ0) is 44.3. The maximum absolute atomic E-state index is 12.7. The van der Waals surface area contributed by atoms with Crippen molar-refractivity contribution in [2.75, 3.05) is 47.5 Å². The predicted molar refractivity (Wildman–Crippen MR) is 252 cm³/mol. The molecule has 1 N–H and O–H groups in total. The molecule has 0 aliphatic carbocycles. The van der Waals surface area contributed by atoms with Gasteiger partial charge in [-0.2, -0.15) is 0 Å². The summed E-state index contributed by atoms with van der Waals surface area (Å²) in [6, 6.07) is 0. The van der Waals surface area contributed by atoms with E-state index in [9.17, 15) is 19.0 Å². The number of rotatable bonds is 41. The molecule has 9 nitrogen and oxygen atoms in total. The quantitative estimate of drug-likeness (QED) is 0.0213. The van der Waals surface area contributed by atoms with Crippen molar-refractivity contribution in [1.82, 2.24) is 0 Å². The van der Waals surface area contributed by atoms with E-state index >= 15 is 0 Å². The lowest BCUT2D eigenvalue weighted by atomic mass is 10.0. The Morgan fingerprint density at radius 1 is 0.517 bits per heavy atom. The molecule has 0 amide bonds. The van der Waals surface area contributed by atoms with Crippen molar-refractivity contribution in [3.63, 3.8) is 0 Å². The molecule has 344 valence electrons. The van der Waals surface area contributed by atoms with Gasteiger partial charge in [0.25, 0.3) is 0 Å². The van der Waals surface area contributed by atoms with Crippen molar-refractivity contribution < 1.29 is 42.1 Å². The van der Waals surface area contributed by atoms with Crippen LogP contribution in [-0.2, 0) is 32.7 Å². The number of phosphoric acid groups is 1. The molecule has 0 aromatic carbocycles. The smallest absolute Gasteiger partial charge is 0.462 e. The molecule has 0 spiro atoms. The zero-order valence-electron chi connectivity index (χ0n) is 38.7. The first-order valence-corrected chi connectivity index (χ1v) is 24.8. The number of hydrogen-bond acceptors (Lipinski definition) is 7. The van der Waals surface area contributed by atoms with E-state index < -0.39 is 32.5 Å². The van der Waals surface area contributed by atoms with Crippen LogP contribution in [0.15, 0.2) is 85.1 Å². The van der Waals surface area contributed by atoms with Crippen LogP contribution in [0.25, 0.3) is 0 Å². The first-order valence-electron chi connectivity index (χ1n) is 23.3. The molecule has 0 aromatic heterocycles. The van der Waals surface area contributed by atoms with Crippen LogP contribution < -0.4 is 0 Å². The van der Waals surface area contributed by atoms with Crippen molar-refractivity contribution in [1.29, 1.82) is 0 Å². The van der Waals surface area contributed by atoms with E-state index in [1.165, 1.54) is 38.5 Å². The van der Waals surface area contributed by atoms with Gasteiger partial charge in [-0.25, -0.2) is 4.57 Å². The van der Waals surface area contributed by atoms with Crippen LogP contribution in [0.1, 0.15) is 168 Å². The van der Waals surface area contributed by atoms with Crippen LogP contribution in [0, 0.1) is 0 Å². The number of quaternary nitrogens is 1. The molecule has 0 radical (unpaired) electrons. The van der Waals surface area contributed by atoms with E-state index in [1.807, 2.05) is 21.1 Å². The summed E-state index contributed by atoms with van der Waals surface area (Å²) in [6.07, 6.45) is 53.5. The highest BCUT2D eigenvalue weighted by molar-refractivity contribution is 7.47. The Hall–Kier alpha value is -2.81. The average molecular weight is 861 g/mol. The van der Waals surface area contributed by atoms with Gasteiger partial charge in [0.2, 0.25) is 0 Å². The van der Waals surface area contributed by atoms with Crippen LogP contribution in [0.3, 0.4) is 0 Å². The summed E-state index contributed by atoms with van der Waals surface area (Å²) in [4.78, 5) is 35.4. The Balaban J connectivity index is 4.31. The number of hydrogen-bond donors (Lipinski definition) is 1. The van der Waals surface area contributed by atoms with Gasteiger partial charge in [0.05, 0.1) is 27.7 Å². The van der Waals surface area contributed by atoms with Gasteiger partial charge in [0.1, 0.15) is 19.8 Å². The number of unbranched alkanes of at least 4 members (excludes halogenated alkanes) is 13. The summed E-state index contributed by atoms with van der Waals surface area (Å²) in [7, 11) is 1.44. The highest BCUT2D eigenvalue weighted by Crippen LogP contribution is 2.43. The Labute approximate surface area is 367 Å². The largest absolute Gasteiger partial charge is 0.472 e. The zero-order valence-corrected chi connectivity index (χ0v) is 39.6. The molecule has 0 fully saturated rings. The minimum atomic E-state index is -4.39. The standard InChI is InChI=1S/C50H86NO8P/c1-6-8-10-12-14-16-18-20-21-22-23-24-25-26-27-28-29-31-33-35-37-39-41-43-50(53)59-48(47-58-60(54,55)57-45-44-51(3,4)5)46-56-49(52)42-40-38-36-34-32-30-19-17-15-13-11-9-7-2/h8-11,14-17,20-21,23-24,30,32,48H,6-7,12-13,18-19,22,25-29,31,33-47H2,1-5H3/p+1/b10-8-,11-9-,16-14-,17-15-,21-20-,24-23-,32-30-. The fourth-order valence-corrected chi connectivity index (χ4v) is 6.58. The maximum atomic E-state index is 12.7. The monoisotopic (exact) mass is 861 g/mol. The van der Waals surface area contributed by atoms with E-state index in [1.54, 1.807) is 0 Å². The summed E-state index contributed by atoms with van der Waals surface area (Å²) in [5.74, 6) is -0.845. The van der Waals surface area contributed by atoms with Crippen molar-refractivity contribution in [2.45, 2.75) is 174 Å². The average Bonchev–Trinajstić information content (AvgIpc) is 3.20. The van der Waals surface area contributed by atoms with Crippen molar-refractivity contribution in [3.05, 3.63) is 85.1 Å². The molecule has 0 saturated heterocycles. The molecule has 0 aliphatic rings. The summed E-state index contributed by atoms with van der Waals surface area (Å²) in [5.41, 5.74) is 0. The van der Waals surface area contributed by atoms with Gasteiger partial charge in [-0.1, -0.05) is 157 Å². The van der Waals surface area contributed by atoms with Gasteiger partial charge in [-0.05, 0) is 83.5 Å². The number of carbonyl (C=O) groups is 2. The van der Waals surface area contributed by atoms with E-state index in [0.29, 0.717) is 23.9 Å². The third kappa shape index (κ3) is 44.7. The lowest BCUT2D eigenvalue weighted by molar-refractivity contribution is -0.870. The van der Waals surface area contributed by atoms with Gasteiger partial charge in [-0.15, -0.1) is 0 Å². The minimum absolute atomic E-state index is 0.0216. The van der Waals surface area contributed by atoms with Crippen LogP contribution >= 0.6 is 7.82 Å². The fourth-order valence-electron chi connectivity index (χ4n) is 5.84. The van der Waals surface area contributed by atoms with Crippen molar-refractivity contribution >= 4 is 19.8 Å². The van der Waals surface area contributed by atoms with Crippen LogP contribution in [0.4, 0.5) is 0 Å². The second kappa shape index (κ2) is 41.5. The second-order valence-corrected chi connectivity index (χ2v) is 17.8. The van der Waals surface area contributed by atoms with Gasteiger partial charge < -0.3 is 18.9 Å². The normalized spacial score (nSPS) is 14.3. The Kier molecular flexibility index (Phi) is 39.6. The topological polar surface area (TPSA) is 108 Å². The molecule has 2 atom stereocenters. The van der Waals surface area contributed by atoms with Crippen molar-refractivity contribution in [3.8, 4) is 0 Å². The maximum Gasteiger partial charge on any atom is 0.472 e. The number of esters is 2. The van der Waals surface area contributed by atoms with Gasteiger partial charge in [0.15, 0.2) is 6.10 Å². The molecular weight excluding hydrogens is 774 g/mol. The van der Waals surface area contributed by atoms with E-state index in [-0.39, 0.29) is 26.1 Å². The number of nitrogens with zero attached hydrogens (tertiary/aromatic N) is 1. The van der Waals surface area contributed by atoms with E-state index in [2.05, 4.69) is 98.9 Å². The molecule has 0 bridgehead atoms. The molecule has 0 saturated carbocycles. The molecule has 0 aromatic rings. The molecule has 10 heteroatoms. The highest BCUT2D eigenvalue weighted by atomic mass is 31.2. The van der Waals surface area contributed by atoms with Gasteiger partial charge >= 0.3 is 19.8 Å². The Bertz CT molecular complexity index is 1290. The summed E-state index contributed by atoms with van der Waals surface area (Å²) < 4.78 is 34.3. The SMILES string of the molecule is CC/C=C\C/C=C\C/C=C\C/C=C\CCCCCCCCCCCCC(=O)OC(COC(=O)CCCCC/C=C\C/C=C\C/C=C\CC)COP(=O)(O)OCC[N+](C)(C)C. The first-order chi connectivity index (χ1) is 29.0. The molecule has 60 heavy (non-hydrogen) atoms. The third-order valence-electron chi connectivity index (χ3n) is 9.42. The Morgan fingerprint density at radius 3 is 1.35 bits per heavy atom. The number of ether oxygens (including phenoxy) is 2. The molecule has 0 heterocycles. The van der Waals surface area contributed by atoms with Crippen LogP contribution in [0.2, 0.25) is 0 Å². The highest BCUT2D eigenvalue weighted by Gasteiger charge is 2.27. The van der Waals surface area contributed by atoms with E-state index in [4.69, 9.17) is 18.5 Å². The predicted octanol–water partition coefficient (Wildman–Crippen LogP) is 13.6.